The van der Waals surface area contributed by atoms with Gasteiger partial charge in [0, 0.05) is 6.04 Å². The molecule has 2 heteroatoms. The van der Waals surface area contributed by atoms with Crippen LogP contribution in [0.2, 0.25) is 0 Å². The third-order valence-electron chi connectivity index (χ3n) is 4.47. The Bertz CT molecular complexity index is 383. The average molecular weight is 247 g/mol. The fourth-order valence-electron chi connectivity index (χ4n) is 3.18. The van der Waals surface area contributed by atoms with E-state index >= 15 is 0 Å². The SMILES string of the molecule is Fc1ccc(CC2CCCC2CNC2CC2)cc1. The molecule has 0 radical (unpaired) electrons. The molecule has 0 bridgehead atoms. The van der Waals surface area contributed by atoms with Gasteiger partial charge in [-0.2, -0.15) is 0 Å². The third-order valence-corrected chi connectivity index (χ3v) is 4.47. The Morgan fingerprint density at radius 3 is 2.44 bits per heavy atom. The molecule has 2 atom stereocenters. The van der Waals surface area contributed by atoms with Gasteiger partial charge in [0.15, 0.2) is 0 Å². The molecule has 0 aromatic heterocycles. The summed E-state index contributed by atoms with van der Waals surface area (Å²) in [4.78, 5) is 0. The maximum atomic E-state index is 12.9. The molecular weight excluding hydrogens is 225 g/mol. The quantitative estimate of drug-likeness (QED) is 0.839. The van der Waals surface area contributed by atoms with Gasteiger partial charge in [0.1, 0.15) is 5.82 Å². The van der Waals surface area contributed by atoms with E-state index < -0.39 is 0 Å². The summed E-state index contributed by atoms with van der Waals surface area (Å²) >= 11 is 0. The van der Waals surface area contributed by atoms with Crippen LogP contribution in [-0.4, -0.2) is 12.6 Å². The summed E-state index contributed by atoms with van der Waals surface area (Å²) in [7, 11) is 0. The molecule has 0 heterocycles. The first kappa shape index (κ1) is 12.2. The molecule has 0 amide bonds. The molecule has 0 spiro atoms. The summed E-state index contributed by atoms with van der Waals surface area (Å²) < 4.78 is 12.9. The number of halogens is 1. The van der Waals surface area contributed by atoms with Crippen molar-refractivity contribution in [1.82, 2.24) is 5.32 Å². The van der Waals surface area contributed by atoms with Crippen LogP contribution in [0, 0.1) is 17.7 Å². The zero-order valence-corrected chi connectivity index (χ0v) is 10.9. The highest BCUT2D eigenvalue weighted by molar-refractivity contribution is 5.17. The van der Waals surface area contributed by atoms with Crippen LogP contribution in [0.4, 0.5) is 4.39 Å². The summed E-state index contributed by atoms with van der Waals surface area (Å²) in [5, 5.41) is 3.66. The molecule has 1 nitrogen and oxygen atoms in total. The molecule has 18 heavy (non-hydrogen) atoms. The predicted molar refractivity (Wildman–Crippen MR) is 72.0 cm³/mol. The molecule has 2 aliphatic rings. The highest BCUT2D eigenvalue weighted by Gasteiger charge is 2.29. The summed E-state index contributed by atoms with van der Waals surface area (Å²) in [6.45, 7) is 1.19. The van der Waals surface area contributed by atoms with Crippen molar-refractivity contribution < 1.29 is 4.39 Å². The molecule has 0 aliphatic heterocycles. The second-order valence-electron chi connectivity index (χ2n) is 5.96. The lowest BCUT2D eigenvalue weighted by Gasteiger charge is -2.20. The van der Waals surface area contributed by atoms with Gasteiger partial charge in [0.2, 0.25) is 0 Å². The van der Waals surface area contributed by atoms with Crippen molar-refractivity contribution in [3.63, 3.8) is 0 Å². The molecule has 2 fully saturated rings. The minimum atomic E-state index is -0.128. The zero-order valence-electron chi connectivity index (χ0n) is 10.9. The average Bonchev–Trinajstić information content (AvgIpc) is 3.11. The Morgan fingerprint density at radius 2 is 1.72 bits per heavy atom. The number of hydrogen-bond donors (Lipinski definition) is 1. The van der Waals surface area contributed by atoms with Crippen molar-refractivity contribution in [1.29, 1.82) is 0 Å². The fourth-order valence-corrected chi connectivity index (χ4v) is 3.18. The van der Waals surface area contributed by atoms with E-state index in [0.29, 0.717) is 0 Å². The lowest BCUT2D eigenvalue weighted by molar-refractivity contribution is 0.364. The van der Waals surface area contributed by atoms with Crippen molar-refractivity contribution in [3.8, 4) is 0 Å². The van der Waals surface area contributed by atoms with Crippen LogP contribution in [0.3, 0.4) is 0 Å². The first-order valence-corrected chi connectivity index (χ1v) is 7.29. The Kier molecular flexibility index (Phi) is 3.64. The van der Waals surface area contributed by atoms with Gasteiger partial charge in [-0.3, -0.25) is 0 Å². The normalized spacial score (nSPS) is 27.6. The molecule has 1 aromatic carbocycles. The first-order valence-electron chi connectivity index (χ1n) is 7.29. The molecule has 1 aromatic rings. The van der Waals surface area contributed by atoms with E-state index in [0.717, 1.165) is 24.3 Å². The standard InChI is InChI=1S/C16H22FN/c17-15-6-4-12(5-7-15)10-13-2-1-3-14(13)11-18-16-8-9-16/h4-7,13-14,16,18H,1-3,8-11H2. The molecule has 1 N–H and O–H groups in total. The van der Waals surface area contributed by atoms with Crippen molar-refractivity contribution >= 4 is 0 Å². The minimum absolute atomic E-state index is 0.128. The highest BCUT2D eigenvalue weighted by Crippen LogP contribution is 2.34. The Balaban J connectivity index is 1.54. The van der Waals surface area contributed by atoms with Crippen LogP contribution in [0.15, 0.2) is 24.3 Å². The van der Waals surface area contributed by atoms with Crippen molar-refractivity contribution in [2.45, 2.75) is 44.6 Å². The lowest BCUT2D eigenvalue weighted by atomic mass is 9.89. The molecule has 3 rings (SSSR count). The smallest absolute Gasteiger partial charge is 0.123 e. The van der Waals surface area contributed by atoms with Crippen molar-refractivity contribution in [3.05, 3.63) is 35.6 Å². The lowest BCUT2D eigenvalue weighted by Crippen LogP contribution is -2.27. The maximum Gasteiger partial charge on any atom is 0.123 e. The van der Waals surface area contributed by atoms with Gasteiger partial charge in [-0.25, -0.2) is 4.39 Å². The number of rotatable bonds is 5. The van der Waals surface area contributed by atoms with E-state index in [1.54, 1.807) is 12.1 Å². The largest absolute Gasteiger partial charge is 0.314 e. The second kappa shape index (κ2) is 5.40. The van der Waals surface area contributed by atoms with Crippen LogP contribution < -0.4 is 5.32 Å². The van der Waals surface area contributed by atoms with Gasteiger partial charge >= 0.3 is 0 Å². The van der Waals surface area contributed by atoms with E-state index in [4.69, 9.17) is 0 Å². The predicted octanol–water partition coefficient (Wildman–Crippen LogP) is 3.54. The zero-order chi connectivity index (χ0) is 12.4. The van der Waals surface area contributed by atoms with E-state index in [9.17, 15) is 4.39 Å². The number of benzene rings is 1. The van der Waals surface area contributed by atoms with Gasteiger partial charge < -0.3 is 5.32 Å². The van der Waals surface area contributed by atoms with Gasteiger partial charge in [-0.15, -0.1) is 0 Å². The van der Waals surface area contributed by atoms with Crippen LogP contribution >= 0.6 is 0 Å². The molecule has 98 valence electrons. The summed E-state index contributed by atoms with van der Waals surface area (Å²) in [6.07, 6.45) is 7.94. The molecule has 2 saturated carbocycles. The second-order valence-corrected chi connectivity index (χ2v) is 5.96. The molecular formula is C16H22FN. The Hall–Kier alpha value is -0.890. The monoisotopic (exact) mass is 247 g/mol. The number of hydrogen-bond acceptors (Lipinski definition) is 1. The van der Waals surface area contributed by atoms with E-state index in [1.165, 1.54) is 44.2 Å². The van der Waals surface area contributed by atoms with E-state index in [2.05, 4.69) is 5.32 Å². The van der Waals surface area contributed by atoms with Gasteiger partial charge in [-0.05, 0) is 68.2 Å². The Morgan fingerprint density at radius 1 is 1.00 bits per heavy atom. The van der Waals surface area contributed by atoms with Gasteiger partial charge in [0.25, 0.3) is 0 Å². The minimum Gasteiger partial charge on any atom is -0.314 e. The topological polar surface area (TPSA) is 12.0 Å². The summed E-state index contributed by atoms with van der Waals surface area (Å²) in [6, 6.07) is 7.87. The van der Waals surface area contributed by atoms with E-state index in [-0.39, 0.29) is 5.82 Å². The molecule has 0 saturated heterocycles. The van der Waals surface area contributed by atoms with Gasteiger partial charge in [0.05, 0.1) is 0 Å². The fraction of sp³-hybridized carbons (Fsp3) is 0.625. The maximum absolute atomic E-state index is 12.9. The third kappa shape index (κ3) is 3.11. The van der Waals surface area contributed by atoms with Crippen LogP contribution in [0.5, 0.6) is 0 Å². The van der Waals surface area contributed by atoms with Crippen molar-refractivity contribution in [2.75, 3.05) is 6.54 Å². The van der Waals surface area contributed by atoms with E-state index in [1.807, 2.05) is 12.1 Å². The molecule has 2 aliphatic carbocycles. The summed E-state index contributed by atoms with van der Waals surface area (Å²) in [5.41, 5.74) is 1.29. The van der Waals surface area contributed by atoms with Crippen molar-refractivity contribution in [2.24, 2.45) is 11.8 Å². The highest BCUT2D eigenvalue weighted by atomic mass is 19.1. The molecule has 2 unspecified atom stereocenters. The Labute approximate surface area is 109 Å². The summed E-state index contributed by atoms with van der Waals surface area (Å²) in [5.74, 6) is 1.49. The van der Waals surface area contributed by atoms with Crippen LogP contribution in [0.25, 0.3) is 0 Å². The number of nitrogens with one attached hydrogen (secondary N) is 1. The van der Waals surface area contributed by atoms with Crippen LogP contribution in [-0.2, 0) is 6.42 Å². The van der Waals surface area contributed by atoms with Crippen LogP contribution in [0.1, 0.15) is 37.7 Å². The first-order chi connectivity index (χ1) is 8.81. The van der Waals surface area contributed by atoms with Gasteiger partial charge in [-0.1, -0.05) is 18.6 Å².